The Morgan fingerprint density at radius 3 is 2.17 bits per heavy atom. The molecule has 20 atom stereocenters. The van der Waals surface area contributed by atoms with Crippen molar-refractivity contribution < 1.29 is 74.1 Å². The number of esters is 1. The first-order valence-corrected chi connectivity index (χ1v) is 21.4. The number of carbonyl (C=O) groups is 2. The number of hydrogen-bond acceptors (Lipinski definition) is 14. The van der Waals surface area contributed by atoms with Crippen LogP contribution in [-0.4, -0.2) is 140 Å². The quantitative estimate of drug-likeness (QED) is 0.0845. The molecule has 2 aliphatic heterocycles. The van der Waals surface area contributed by atoms with Gasteiger partial charge in [0.05, 0.1) is 24.9 Å². The Hall–Kier alpha value is -1.76. The van der Waals surface area contributed by atoms with Gasteiger partial charge in [0.15, 0.2) is 12.6 Å². The van der Waals surface area contributed by atoms with Crippen molar-refractivity contribution >= 4 is 11.9 Å². The Morgan fingerprint density at radius 1 is 0.828 bits per heavy atom. The molecule has 15 nitrogen and oxygen atoms in total. The number of carboxylic acids is 1. The molecule has 2 spiro atoms. The average Bonchev–Trinajstić information content (AvgIpc) is 3.74. The molecular formula is C43H68O15. The second-order valence-corrected chi connectivity index (χ2v) is 20.3. The maximum Gasteiger partial charge on any atom is 0.330 e. The van der Waals surface area contributed by atoms with Crippen molar-refractivity contribution in [2.24, 2.45) is 50.7 Å². The van der Waals surface area contributed by atoms with E-state index in [4.69, 9.17) is 23.7 Å². The molecule has 0 unspecified atom stereocenters. The van der Waals surface area contributed by atoms with Crippen molar-refractivity contribution in [1.29, 1.82) is 0 Å². The molecule has 2 saturated heterocycles. The highest BCUT2D eigenvalue weighted by atomic mass is 16.7. The van der Waals surface area contributed by atoms with Crippen LogP contribution in [0.2, 0.25) is 0 Å². The third kappa shape index (κ3) is 6.72. The second kappa shape index (κ2) is 15.5. The summed E-state index contributed by atoms with van der Waals surface area (Å²) < 4.78 is 29.3. The van der Waals surface area contributed by atoms with E-state index in [1.165, 1.54) is 6.92 Å². The normalized spacial score (nSPS) is 51.4. The van der Waals surface area contributed by atoms with Crippen LogP contribution in [0.4, 0.5) is 0 Å². The van der Waals surface area contributed by atoms with Crippen molar-refractivity contribution in [2.75, 3.05) is 13.2 Å². The summed E-state index contributed by atoms with van der Waals surface area (Å²) in [7, 11) is 0. The van der Waals surface area contributed by atoms with Crippen molar-refractivity contribution in [3.05, 3.63) is 11.6 Å². The lowest BCUT2D eigenvalue weighted by Crippen LogP contribution is -2.65. The lowest BCUT2D eigenvalue weighted by molar-refractivity contribution is -0.359. The number of carbonyl (C=O) groups excluding carboxylic acids is 1. The number of allylic oxidation sites excluding steroid dienone is 1. The van der Waals surface area contributed by atoms with E-state index < -0.39 is 90.3 Å². The van der Waals surface area contributed by atoms with Gasteiger partial charge in [0.1, 0.15) is 49.3 Å². The average molecular weight is 825 g/mol. The molecule has 15 heteroatoms. The molecule has 58 heavy (non-hydrogen) atoms. The number of aliphatic hydroxyl groups excluding tert-OH is 7. The Morgan fingerprint density at radius 2 is 1.50 bits per heavy atom. The van der Waals surface area contributed by atoms with Crippen LogP contribution in [0.25, 0.3) is 0 Å². The number of hydrogen-bond donors (Lipinski definition) is 8. The van der Waals surface area contributed by atoms with Crippen LogP contribution in [0.5, 0.6) is 0 Å². The van der Waals surface area contributed by atoms with E-state index in [9.17, 15) is 50.4 Å². The molecule has 330 valence electrons. The largest absolute Gasteiger partial charge is 0.478 e. The highest BCUT2D eigenvalue weighted by Crippen LogP contribution is 2.89. The summed E-state index contributed by atoms with van der Waals surface area (Å²) in [5.74, 6) is -1.04. The molecule has 0 bridgehead atoms. The summed E-state index contributed by atoms with van der Waals surface area (Å²) in [5.41, 5.74) is -1.02. The maximum absolute atomic E-state index is 12.4. The van der Waals surface area contributed by atoms with Gasteiger partial charge in [0.25, 0.3) is 0 Å². The van der Waals surface area contributed by atoms with E-state index in [0.717, 1.165) is 32.1 Å². The summed E-state index contributed by atoms with van der Waals surface area (Å²) in [6, 6.07) is 0. The van der Waals surface area contributed by atoms with Crippen molar-refractivity contribution in [1.82, 2.24) is 0 Å². The molecule has 0 radical (unpaired) electrons. The zero-order valence-electron chi connectivity index (χ0n) is 35.0. The monoisotopic (exact) mass is 824 g/mol. The summed E-state index contributed by atoms with van der Waals surface area (Å²) in [6.07, 6.45) is -5.96. The van der Waals surface area contributed by atoms with Crippen molar-refractivity contribution in [2.45, 2.75) is 180 Å². The lowest BCUT2D eigenvalue weighted by Gasteiger charge is -2.64. The van der Waals surface area contributed by atoms with Crippen LogP contribution in [0.1, 0.15) is 106 Å². The Kier molecular flexibility index (Phi) is 11.9. The molecule has 7 rings (SSSR count). The SMILES string of the molecule is CC(=O)OC[C@@H]1O[C@H](O[C@@H]2CC[C@]34C[C@]35C[C@H](O)[C@]3(C)[C@@H]([C@H](C)CC/C=C(\C)C(=O)O)[C@@H](O)C[C@@]3(C)[C@H]5CC[C@H]4C2(C)C)[C@@H](O)[C@H](O)[C@H]1O[C@@H]1OC[C@H](O)[C@H](O)[C@@H]1O. The summed E-state index contributed by atoms with van der Waals surface area (Å²) in [5, 5.41) is 87.0. The fraction of sp³-hybridized carbons (Fsp3) is 0.907. The maximum atomic E-state index is 12.4. The fourth-order valence-corrected chi connectivity index (χ4v) is 14.3. The molecule has 0 aromatic rings. The van der Waals surface area contributed by atoms with Crippen LogP contribution < -0.4 is 0 Å². The number of rotatable bonds is 11. The Labute approximate surface area is 341 Å². The van der Waals surface area contributed by atoms with Gasteiger partial charge in [0, 0.05) is 17.9 Å². The van der Waals surface area contributed by atoms with Gasteiger partial charge in [-0.1, -0.05) is 40.7 Å². The number of aliphatic carboxylic acids is 1. The van der Waals surface area contributed by atoms with Gasteiger partial charge in [-0.2, -0.15) is 0 Å². The number of aliphatic hydroxyl groups is 7. The van der Waals surface area contributed by atoms with E-state index in [1.54, 1.807) is 13.0 Å². The molecule has 7 aliphatic rings. The second-order valence-electron chi connectivity index (χ2n) is 20.3. The number of fused-ring (bicyclic) bond motifs is 2. The van der Waals surface area contributed by atoms with Gasteiger partial charge < -0.3 is 64.5 Å². The highest BCUT2D eigenvalue weighted by Gasteiger charge is 2.84. The molecule has 7 fully saturated rings. The summed E-state index contributed by atoms with van der Waals surface area (Å²) in [6.45, 7) is 13.1. The topological polar surface area (TPSA) is 242 Å². The Balaban J connectivity index is 1.07. The van der Waals surface area contributed by atoms with Crippen LogP contribution in [0, 0.1) is 50.7 Å². The smallest absolute Gasteiger partial charge is 0.330 e. The third-order valence-corrected chi connectivity index (χ3v) is 17.3. The fourth-order valence-electron chi connectivity index (χ4n) is 14.3. The van der Waals surface area contributed by atoms with E-state index in [1.807, 2.05) is 0 Å². The zero-order chi connectivity index (χ0) is 42.5. The number of ether oxygens (including phenoxy) is 5. The molecule has 8 N–H and O–H groups in total. The lowest BCUT2D eigenvalue weighted by atomic mass is 9.41. The highest BCUT2D eigenvalue weighted by molar-refractivity contribution is 5.85. The van der Waals surface area contributed by atoms with Crippen molar-refractivity contribution in [3.8, 4) is 0 Å². The molecular weight excluding hydrogens is 756 g/mol. The first kappa shape index (κ1) is 44.3. The minimum atomic E-state index is -1.66. The van der Waals surface area contributed by atoms with Crippen LogP contribution in [-0.2, 0) is 33.3 Å². The third-order valence-electron chi connectivity index (χ3n) is 17.3. The van der Waals surface area contributed by atoms with Gasteiger partial charge in [-0.05, 0) is 110 Å². The first-order valence-electron chi connectivity index (χ1n) is 21.4. The minimum Gasteiger partial charge on any atom is -0.478 e. The Bertz CT molecular complexity index is 1590. The number of carboxylic acid groups (broad SMARTS) is 1. The van der Waals surface area contributed by atoms with Crippen LogP contribution >= 0.6 is 0 Å². The van der Waals surface area contributed by atoms with E-state index in [2.05, 4.69) is 34.6 Å². The van der Waals surface area contributed by atoms with Gasteiger partial charge in [0.2, 0.25) is 0 Å². The van der Waals surface area contributed by atoms with E-state index in [0.29, 0.717) is 37.2 Å². The first-order chi connectivity index (χ1) is 27.1. The minimum absolute atomic E-state index is 0.0280. The van der Waals surface area contributed by atoms with Gasteiger partial charge in [-0.3, -0.25) is 4.79 Å². The van der Waals surface area contributed by atoms with Crippen molar-refractivity contribution in [3.63, 3.8) is 0 Å². The molecule has 0 aromatic carbocycles. The molecule has 5 aliphatic carbocycles. The van der Waals surface area contributed by atoms with Gasteiger partial charge in [-0.25, -0.2) is 4.79 Å². The van der Waals surface area contributed by atoms with E-state index in [-0.39, 0.29) is 53.3 Å². The van der Waals surface area contributed by atoms with E-state index >= 15 is 0 Å². The molecule has 0 aromatic heterocycles. The molecule has 2 heterocycles. The zero-order valence-corrected chi connectivity index (χ0v) is 35.0. The van der Waals surface area contributed by atoms with Gasteiger partial charge >= 0.3 is 11.9 Å². The van der Waals surface area contributed by atoms with Crippen LogP contribution in [0.3, 0.4) is 0 Å². The molecule has 5 saturated carbocycles. The summed E-state index contributed by atoms with van der Waals surface area (Å²) in [4.78, 5) is 23.2. The predicted octanol–water partition coefficient (Wildman–Crippen LogP) is 2.03. The standard InChI is InChI=1S/C43H68O15/c1-20(9-8-10-21(2)36(52)53)30-23(45)15-40(6)27-12-11-26-39(4,5)29(13-14-42(26)19-43(27,42)16-28(47)41(30,40)7)57-38-34(51)32(49)35(25(56-38)18-54-22(3)44)58-37-33(50)31(48)24(46)17-55-37/h10,20,23-35,37-38,45-51H,8-9,11-19H2,1-7H3,(H,52,53)/b21-10+/t20-,23+,24+,25+,26+,27-,28+,29-,30+,31+,32+,33+,34+,35+,37+,38-,40+,41-,42-,43+/m1/s1. The van der Waals surface area contributed by atoms with Crippen LogP contribution in [0.15, 0.2) is 11.6 Å². The van der Waals surface area contributed by atoms with Gasteiger partial charge in [-0.15, -0.1) is 0 Å². The summed E-state index contributed by atoms with van der Waals surface area (Å²) >= 11 is 0. The molecule has 0 amide bonds. The predicted molar refractivity (Wildman–Crippen MR) is 204 cm³/mol.